The number of hydrogen-bond acceptors (Lipinski definition) is 4. The number of thioether (sulfide) groups is 1. The zero-order valence-electron chi connectivity index (χ0n) is 14.1. The van der Waals surface area contributed by atoms with Crippen molar-refractivity contribution in [3.63, 3.8) is 0 Å². The molecule has 0 bridgehead atoms. The zero-order valence-corrected chi connectivity index (χ0v) is 14.9. The van der Waals surface area contributed by atoms with E-state index in [9.17, 15) is 9.59 Å². The Kier molecular flexibility index (Phi) is 6.61. The lowest BCUT2D eigenvalue weighted by atomic mass is 10.2. The molecule has 1 N–H and O–H groups in total. The molecule has 1 heterocycles. The van der Waals surface area contributed by atoms with Crippen LogP contribution in [0.3, 0.4) is 0 Å². The van der Waals surface area contributed by atoms with E-state index in [1.54, 1.807) is 16.7 Å². The largest absolute Gasteiger partial charge is 0.353 e. The summed E-state index contributed by atoms with van der Waals surface area (Å²) in [7, 11) is 0. The Hall–Kier alpha value is -2.08. The summed E-state index contributed by atoms with van der Waals surface area (Å²) in [6, 6.07) is 7.39. The molecule has 0 saturated carbocycles. The number of aromatic nitrogens is 2. The second-order valence-electron chi connectivity index (χ2n) is 5.66. The number of hydrogen-bond donors (Lipinski definition) is 1. The molecular formula is C18H23N3O2S. The first-order valence-corrected chi connectivity index (χ1v) is 9.08. The van der Waals surface area contributed by atoms with E-state index < -0.39 is 0 Å². The van der Waals surface area contributed by atoms with Crippen LogP contribution >= 0.6 is 11.8 Å². The number of carbonyl (C=O) groups excluding carboxylic acids is 1. The average Bonchev–Trinajstić information content (AvgIpc) is 2.56. The van der Waals surface area contributed by atoms with Crippen molar-refractivity contribution in [2.45, 2.75) is 44.4 Å². The van der Waals surface area contributed by atoms with E-state index in [1.165, 1.54) is 11.8 Å². The van der Waals surface area contributed by atoms with Crippen molar-refractivity contribution < 1.29 is 4.79 Å². The van der Waals surface area contributed by atoms with Gasteiger partial charge in [-0.15, -0.1) is 6.58 Å². The maximum absolute atomic E-state index is 12.6. The van der Waals surface area contributed by atoms with Crippen molar-refractivity contribution in [2.75, 3.05) is 5.75 Å². The number of carbonyl (C=O) groups is 1. The second kappa shape index (κ2) is 8.68. The molecule has 0 aliphatic rings. The van der Waals surface area contributed by atoms with Gasteiger partial charge in [-0.3, -0.25) is 14.2 Å². The highest BCUT2D eigenvalue weighted by molar-refractivity contribution is 7.99. The fourth-order valence-corrected chi connectivity index (χ4v) is 3.32. The molecule has 1 atom stereocenters. The van der Waals surface area contributed by atoms with Crippen molar-refractivity contribution in [2.24, 2.45) is 0 Å². The summed E-state index contributed by atoms with van der Waals surface area (Å²) in [5.74, 6) is 0.184. The van der Waals surface area contributed by atoms with Crippen molar-refractivity contribution in [1.29, 1.82) is 0 Å². The van der Waals surface area contributed by atoms with Crippen LogP contribution in [-0.4, -0.2) is 27.3 Å². The van der Waals surface area contributed by atoms with E-state index in [0.29, 0.717) is 22.6 Å². The summed E-state index contributed by atoms with van der Waals surface area (Å²) in [5, 5.41) is 4.07. The molecular weight excluding hydrogens is 322 g/mol. The quantitative estimate of drug-likeness (QED) is 0.454. The number of nitrogens with zero attached hydrogens (tertiary/aromatic N) is 2. The van der Waals surface area contributed by atoms with Crippen LogP contribution in [0.1, 0.15) is 26.7 Å². The summed E-state index contributed by atoms with van der Waals surface area (Å²) >= 11 is 1.28. The molecule has 2 aromatic rings. The first kappa shape index (κ1) is 18.3. The minimum atomic E-state index is -0.109. The van der Waals surface area contributed by atoms with Gasteiger partial charge in [0, 0.05) is 12.6 Å². The van der Waals surface area contributed by atoms with Crippen LogP contribution in [-0.2, 0) is 11.3 Å². The van der Waals surface area contributed by atoms with Gasteiger partial charge in [-0.1, -0.05) is 43.3 Å². The van der Waals surface area contributed by atoms with Crippen LogP contribution in [0.2, 0.25) is 0 Å². The standard InChI is InChI=1S/C18H23N3O2S/c1-4-8-13(3)19-16(22)12-24-18-20-15-10-7-6-9-14(15)17(23)21(18)11-5-2/h5-7,9-10,13H,2,4,8,11-12H2,1,3H3,(H,19,22)/t13-/m1/s1. The van der Waals surface area contributed by atoms with Gasteiger partial charge < -0.3 is 5.32 Å². The van der Waals surface area contributed by atoms with Gasteiger partial charge in [0.2, 0.25) is 5.91 Å². The van der Waals surface area contributed by atoms with Crippen LogP contribution in [0, 0.1) is 0 Å². The second-order valence-corrected chi connectivity index (χ2v) is 6.60. The highest BCUT2D eigenvalue weighted by atomic mass is 32.2. The molecule has 0 radical (unpaired) electrons. The SMILES string of the molecule is C=CCn1c(SCC(=O)N[C@H](C)CCC)nc2ccccc2c1=O. The van der Waals surface area contributed by atoms with Gasteiger partial charge in [0.05, 0.1) is 16.7 Å². The van der Waals surface area contributed by atoms with Gasteiger partial charge in [-0.2, -0.15) is 0 Å². The van der Waals surface area contributed by atoms with E-state index in [-0.39, 0.29) is 23.3 Å². The lowest BCUT2D eigenvalue weighted by Gasteiger charge is -2.14. The molecule has 1 aromatic heterocycles. The molecule has 0 fully saturated rings. The van der Waals surface area contributed by atoms with Crippen LogP contribution in [0.15, 0.2) is 46.9 Å². The predicted molar refractivity (Wildman–Crippen MR) is 99.4 cm³/mol. The van der Waals surface area contributed by atoms with Crippen LogP contribution in [0.4, 0.5) is 0 Å². The van der Waals surface area contributed by atoms with E-state index in [4.69, 9.17) is 0 Å². The van der Waals surface area contributed by atoms with E-state index >= 15 is 0 Å². The molecule has 24 heavy (non-hydrogen) atoms. The first-order chi connectivity index (χ1) is 11.6. The van der Waals surface area contributed by atoms with E-state index in [1.807, 2.05) is 25.1 Å². The topological polar surface area (TPSA) is 64.0 Å². The Balaban J connectivity index is 2.21. The zero-order chi connectivity index (χ0) is 17.5. The molecule has 1 aromatic carbocycles. The monoisotopic (exact) mass is 345 g/mol. The number of para-hydroxylation sites is 1. The lowest BCUT2D eigenvalue weighted by Crippen LogP contribution is -2.34. The van der Waals surface area contributed by atoms with Crippen LogP contribution in [0.25, 0.3) is 10.9 Å². The highest BCUT2D eigenvalue weighted by Crippen LogP contribution is 2.17. The van der Waals surface area contributed by atoms with Gasteiger partial charge in [0.25, 0.3) is 5.56 Å². The number of fused-ring (bicyclic) bond motifs is 1. The summed E-state index contributed by atoms with van der Waals surface area (Å²) in [4.78, 5) is 29.2. The summed E-state index contributed by atoms with van der Waals surface area (Å²) in [6.45, 7) is 8.15. The van der Waals surface area contributed by atoms with E-state index in [2.05, 4.69) is 23.8 Å². The Labute approximate surface area is 146 Å². The molecule has 2 rings (SSSR count). The molecule has 0 aliphatic heterocycles. The number of benzene rings is 1. The number of rotatable bonds is 8. The summed E-state index contributed by atoms with van der Waals surface area (Å²) in [6.07, 6.45) is 3.64. The average molecular weight is 345 g/mol. The molecule has 5 nitrogen and oxygen atoms in total. The van der Waals surface area contributed by atoms with Gasteiger partial charge in [0.15, 0.2) is 5.16 Å². The van der Waals surface area contributed by atoms with Crippen LogP contribution < -0.4 is 10.9 Å². The molecule has 6 heteroatoms. The highest BCUT2D eigenvalue weighted by Gasteiger charge is 2.13. The van der Waals surface area contributed by atoms with Gasteiger partial charge >= 0.3 is 0 Å². The third-order valence-corrected chi connectivity index (χ3v) is 4.58. The Morgan fingerprint density at radius 1 is 1.46 bits per heavy atom. The molecule has 0 aliphatic carbocycles. The normalized spacial score (nSPS) is 12.1. The predicted octanol–water partition coefficient (Wildman–Crippen LogP) is 2.98. The van der Waals surface area contributed by atoms with Crippen molar-refractivity contribution in [3.8, 4) is 0 Å². The van der Waals surface area contributed by atoms with Crippen molar-refractivity contribution >= 4 is 28.6 Å². The van der Waals surface area contributed by atoms with Gasteiger partial charge in [-0.25, -0.2) is 4.98 Å². The maximum atomic E-state index is 12.6. The van der Waals surface area contributed by atoms with Crippen molar-refractivity contribution in [3.05, 3.63) is 47.3 Å². The molecule has 0 saturated heterocycles. The van der Waals surface area contributed by atoms with E-state index in [0.717, 1.165) is 12.8 Å². The third kappa shape index (κ3) is 4.47. The smallest absolute Gasteiger partial charge is 0.262 e. The Morgan fingerprint density at radius 3 is 2.92 bits per heavy atom. The first-order valence-electron chi connectivity index (χ1n) is 8.09. The Bertz CT molecular complexity index is 785. The molecule has 0 unspecified atom stereocenters. The van der Waals surface area contributed by atoms with Crippen molar-refractivity contribution in [1.82, 2.24) is 14.9 Å². The van der Waals surface area contributed by atoms with Gasteiger partial charge in [0.1, 0.15) is 0 Å². The fourth-order valence-electron chi connectivity index (χ4n) is 2.50. The fraction of sp³-hybridized carbons (Fsp3) is 0.389. The number of nitrogens with one attached hydrogen (secondary N) is 1. The Morgan fingerprint density at radius 2 is 2.21 bits per heavy atom. The molecule has 0 spiro atoms. The summed E-state index contributed by atoms with van der Waals surface area (Å²) in [5.41, 5.74) is 0.535. The van der Waals surface area contributed by atoms with Gasteiger partial charge in [-0.05, 0) is 25.5 Å². The summed E-state index contributed by atoms with van der Waals surface area (Å²) < 4.78 is 1.56. The molecule has 1 amide bonds. The minimum absolute atomic E-state index is 0.0477. The minimum Gasteiger partial charge on any atom is -0.353 e. The molecule has 128 valence electrons. The lowest BCUT2D eigenvalue weighted by molar-refractivity contribution is -0.119. The number of amides is 1. The number of allylic oxidation sites excluding steroid dienone is 1. The maximum Gasteiger partial charge on any atom is 0.262 e. The van der Waals surface area contributed by atoms with Crippen LogP contribution in [0.5, 0.6) is 0 Å². The third-order valence-electron chi connectivity index (χ3n) is 3.60.